The van der Waals surface area contributed by atoms with Crippen LogP contribution in [-0.4, -0.2) is 11.1 Å². The summed E-state index contributed by atoms with van der Waals surface area (Å²) in [5, 5.41) is 13.1. The third-order valence-corrected chi connectivity index (χ3v) is 2.36. The maximum absolute atomic E-state index is 9.78. The fourth-order valence-electron chi connectivity index (χ4n) is 1.62. The Morgan fingerprint density at radius 2 is 2.07 bits per heavy atom. The minimum Gasteiger partial charge on any atom is -0.506 e. The summed E-state index contributed by atoms with van der Waals surface area (Å²) in [6, 6.07) is 6.07. The van der Waals surface area contributed by atoms with E-state index in [1.54, 1.807) is 6.07 Å². The Balaban J connectivity index is 2.87. The van der Waals surface area contributed by atoms with Crippen LogP contribution in [0.5, 0.6) is 5.75 Å². The van der Waals surface area contributed by atoms with E-state index in [1.165, 1.54) is 12.0 Å². The first-order valence-corrected chi connectivity index (χ1v) is 5.72. The van der Waals surface area contributed by atoms with E-state index in [4.69, 9.17) is 0 Å². The van der Waals surface area contributed by atoms with Gasteiger partial charge in [-0.3, -0.25) is 0 Å². The van der Waals surface area contributed by atoms with Crippen molar-refractivity contribution in [3.05, 3.63) is 23.8 Å². The number of aromatic hydroxyl groups is 1. The number of hydrogen-bond donors (Lipinski definition) is 2. The standard InChI is InChI=1S/C13H21NO/c1-4-5-7-11-8-6-9-12(15)13(11)14-10(2)3/h6,8-10,14-15H,4-5,7H2,1-3H3. The molecule has 0 amide bonds. The quantitative estimate of drug-likeness (QED) is 0.724. The summed E-state index contributed by atoms with van der Waals surface area (Å²) in [5.74, 6) is 0.359. The van der Waals surface area contributed by atoms with Gasteiger partial charge in [0.25, 0.3) is 0 Å². The van der Waals surface area contributed by atoms with Crippen LogP contribution in [0.2, 0.25) is 0 Å². The Kier molecular flexibility index (Phi) is 4.47. The van der Waals surface area contributed by atoms with Crippen molar-refractivity contribution in [2.24, 2.45) is 0 Å². The Morgan fingerprint density at radius 1 is 1.33 bits per heavy atom. The second kappa shape index (κ2) is 5.64. The zero-order chi connectivity index (χ0) is 11.3. The monoisotopic (exact) mass is 207 g/mol. The lowest BCUT2D eigenvalue weighted by Crippen LogP contribution is -2.11. The van der Waals surface area contributed by atoms with Crippen molar-refractivity contribution in [1.29, 1.82) is 0 Å². The summed E-state index contributed by atoms with van der Waals surface area (Å²) in [6.45, 7) is 6.34. The molecule has 0 aliphatic carbocycles. The number of nitrogens with one attached hydrogen (secondary N) is 1. The Hall–Kier alpha value is -1.18. The molecule has 2 N–H and O–H groups in total. The van der Waals surface area contributed by atoms with Gasteiger partial charge in [0.15, 0.2) is 0 Å². The Morgan fingerprint density at radius 3 is 2.67 bits per heavy atom. The summed E-state index contributed by atoms with van der Waals surface area (Å²) in [7, 11) is 0. The van der Waals surface area contributed by atoms with E-state index in [0.29, 0.717) is 11.8 Å². The van der Waals surface area contributed by atoms with Gasteiger partial charge in [0.1, 0.15) is 5.75 Å². The number of unbranched alkanes of at least 4 members (excludes halogenated alkanes) is 1. The van der Waals surface area contributed by atoms with Gasteiger partial charge in [-0.05, 0) is 38.3 Å². The molecule has 0 spiro atoms. The van der Waals surface area contributed by atoms with Gasteiger partial charge >= 0.3 is 0 Å². The molecule has 1 aromatic rings. The molecule has 0 atom stereocenters. The van der Waals surface area contributed by atoms with E-state index in [9.17, 15) is 5.11 Å². The first-order valence-electron chi connectivity index (χ1n) is 5.72. The van der Waals surface area contributed by atoms with Gasteiger partial charge in [-0.1, -0.05) is 25.5 Å². The largest absolute Gasteiger partial charge is 0.506 e. The van der Waals surface area contributed by atoms with Crippen LogP contribution in [0.25, 0.3) is 0 Å². The Labute approximate surface area is 92.3 Å². The average molecular weight is 207 g/mol. The summed E-state index contributed by atoms with van der Waals surface area (Å²) < 4.78 is 0. The molecular formula is C13H21NO. The number of anilines is 1. The predicted molar refractivity (Wildman–Crippen MR) is 65.5 cm³/mol. The molecule has 2 heteroatoms. The average Bonchev–Trinajstić information content (AvgIpc) is 2.18. The second-order valence-electron chi connectivity index (χ2n) is 4.21. The third kappa shape index (κ3) is 3.46. The maximum atomic E-state index is 9.78. The molecule has 0 fully saturated rings. The van der Waals surface area contributed by atoms with Crippen molar-refractivity contribution >= 4 is 5.69 Å². The van der Waals surface area contributed by atoms with Crippen LogP contribution in [0.3, 0.4) is 0 Å². The Bertz CT molecular complexity index is 307. The SMILES string of the molecule is CCCCc1cccc(O)c1NC(C)C. The van der Waals surface area contributed by atoms with Crippen molar-refractivity contribution in [2.45, 2.75) is 46.1 Å². The molecule has 0 aliphatic heterocycles. The fourth-order valence-corrected chi connectivity index (χ4v) is 1.62. The summed E-state index contributed by atoms with van der Waals surface area (Å²) in [6.07, 6.45) is 3.37. The zero-order valence-electron chi connectivity index (χ0n) is 9.88. The third-order valence-electron chi connectivity index (χ3n) is 2.36. The minimum atomic E-state index is 0.346. The molecule has 1 rings (SSSR count). The second-order valence-corrected chi connectivity index (χ2v) is 4.21. The molecule has 0 aliphatic rings. The summed E-state index contributed by atoms with van der Waals surface area (Å²) in [4.78, 5) is 0. The number of aryl methyl sites for hydroxylation is 1. The first-order chi connectivity index (χ1) is 7.15. The molecule has 0 unspecified atom stereocenters. The molecule has 15 heavy (non-hydrogen) atoms. The number of benzene rings is 1. The molecule has 2 nitrogen and oxygen atoms in total. The zero-order valence-corrected chi connectivity index (χ0v) is 9.88. The highest BCUT2D eigenvalue weighted by molar-refractivity contribution is 5.61. The van der Waals surface area contributed by atoms with Gasteiger partial charge in [-0.15, -0.1) is 0 Å². The summed E-state index contributed by atoms with van der Waals surface area (Å²) >= 11 is 0. The highest BCUT2D eigenvalue weighted by Crippen LogP contribution is 2.28. The van der Waals surface area contributed by atoms with Crippen molar-refractivity contribution in [2.75, 3.05) is 5.32 Å². The van der Waals surface area contributed by atoms with Crippen LogP contribution in [-0.2, 0) is 6.42 Å². The van der Waals surface area contributed by atoms with E-state index in [0.717, 1.165) is 18.5 Å². The van der Waals surface area contributed by atoms with Crippen LogP contribution in [0.1, 0.15) is 39.2 Å². The van der Waals surface area contributed by atoms with Crippen LogP contribution >= 0.6 is 0 Å². The highest BCUT2D eigenvalue weighted by atomic mass is 16.3. The number of hydrogen-bond acceptors (Lipinski definition) is 2. The number of rotatable bonds is 5. The molecule has 1 aromatic carbocycles. The smallest absolute Gasteiger partial charge is 0.138 e. The van der Waals surface area contributed by atoms with Crippen molar-refractivity contribution < 1.29 is 5.11 Å². The number of phenolic OH excluding ortho intramolecular Hbond substituents is 1. The molecule has 0 radical (unpaired) electrons. The van der Waals surface area contributed by atoms with Crippen molar-refractivity contribution in [1.82, 2.24) is 0 Å². The van der Waals surface area contributed by atoms with Gasteiger partial charge in [-0.25, -0.2) is 0 Å². The number of para-hydroxylation sites is 1. The molecule has 0 bridgehead atoms. The van der Waals surface area contributed by atoms with Gasteiger partial charge in [0.05, 0.1) is 5.69 Å². The first kappa shape index (κ1) is 11.9. The fraction of sp³-hybridized carbons (Fsp3) is 0.538. The summed E-state index contributed by atoms with van der Waals surface area (Å²) in [5.41, 5.74) is 2.12. The lowest BCUT2D eigenvalue weighted by Gasteiger charge is -2.16. The van der Waals surface area contributed by atoms with E-state index >= 15 is 0 Å². The molecule has 0 saturated heterocycles. The van der Waals surface area contributed by atoms with Crippen LogP contribution < -0.4 is 5.32 Å². The lowest BCUT2D eigenvalue weighted by atomic mass is 10.1. The van der Waals surface area contributed by atoms with E-state index in [-0.39, 0.29) is 0 Å². The normalized spacial score (nSPS) is 10.7. The molecule has 0 heterocycles. The van der Waals surface area contributed by atoms with Crippen LogP contribution in [0.4, 0.5) is 5.69 Å². The minimum absolute atomic E-state index is 0.346. The van der Waals surface area contributed by atoms with Gasteiger partial charge in [-0.2, -0.15) is 0 Å². The molecular weight excluding hydrogens is 186 g/mol. The number of phenols is 1. The predicted octanol–water partition coefficient (Wildman–Crippen LogP) is 3.56. The van der Waals surface area contributed by atoms with Crippen LogP contribution in [0, 0.1) is 0 Å². The van der Waals surface area contributed by atoms with E-state index in [2.05, 4.69) is 32.2 Å². The maximum Gasteiger partial charge on any atom is 0.138 e. The van der Waals surface area contributed by atoms with Gasteiger partial charge in [0.2, 0.25) is 0 Å². The molecule has 0 aromatic heterocycles. The molecule has 84 valence electrons. The van der Waals surface area contributed by atoms with Crippen molar-refractivity contribution in [3.8, 4) is 5.75 Å². The highest BCUT2D eigenvalue weighted by Gasteiger charge is 2.07. The lowest BCUT2D eigenvalue weighted by molar-refractivity contribution is 0.476. The van der Waals surface area contributed by atoms with Crippen LogP contribution in [0.15, 0.2) is 18.2 Å². The van der Waals surface area contributed by atoms with Gasteiger partial charge < -0.3 is 10.4 Å². The van der Waals surface area contributed by atoms with Gasteiger partial charge in [0, 0.05) is 6.04 Å². The van der Waals surface area contributed by atoms with E-state index < -0.39 is 0 Å². The van der Waals surface area contributed by atoms with Crippen molar-refractivity contribution in [3.63, 3.8) is 0 Å². The topological polar surface area (TPSA) is 32.3 Å². The molecule has 0 saturated carbocycles. The van der Waals surface area contributed by atoms with E-state index in [1.807, 2.05) is 6.07 Å².